The van der Waals surface area contributed by atoms with Gasteiger partial charge in [0.05, 0.1) is 6.10 Å². The molecule has 0 aliphatic carbocycles. The van der Waals surface area contributed by atoms with Crippen molar-refractivity contribution in [3.05, 3.63) is 12.2 Å². The van der Waals surface area contributed by atoms with Crippen LogP contribution in [-0.2, 0) is 0 Å². The first-order valence-electron chi connectivity index (χ1n) is 10.2. The van der Waals surface area contributed by atoms with Gasteiger partial charge in [-0.15, -0.1) is 0 Å². The minimum absolute atomic E-state index is 0.105. The lowest BCUT2D eigenvalue weighted by Crippen LogP contribution is -2.01. The molecule has 0 spiro atoms. The van der Waals surface area contributed by atoms with Crippen LogP contribution in [0.2, 0.25) is 0 Å². The third kappa shape index (κ3) is 20.7. The fourth-order valence-corrected chi connectivity index (χ4v) is 2.68. The molecule has 0 radical (unpaired) electrons. The number of allylic oxidation sites excluding steroid dienone is 1. The van der Waals surface area contributed by atoms with Crippen molar-refractivity contribution in [1.82, 2.24) is 0 Å². The van der Waals surface area contributed by atoms with E-state index in [1.807, 2.05) is 6.08 Å². The molecule has 0 aromatic carbocycles. The third-order valence-corrected chi connectivity index (χ3v) is 4.20. The Labute approximate surface area is 156 Å². The molecule has 0 saturated carbocycles. The lowest BCUT2D eigenvalue weighted by atomic mass is 10.1. The average molecular weight is 347 g/mol. The molecule has 2 nitrogen and oxygen atoms in total. The van der Waals surface area contributed by atoms with Crippen molar-refractivity contribution >= 4 is 0 Å². The molecule has 0 aliphatic heterocycles. The zero-order chi connectivity index (χ0) is 18.4. The van der Waals surface area contributed by atoms with Gasteiger partial charge in [0.2, 0.25) is 0 Å². The second-order valence-electron chi connectivity index (χ2n) is 6.62. The fraction of sp³-hybridized carbons (Fsp3) is 0.739. The zero-order valence-electron chi connectivity index (χ0n) is 16.2. The van der Waals surface area contributed by atoms with Crippen molar-refractivity contribution < 1.29 is 10.2 Å². The Morgan fingerprint density at radius 2 is 1.44 bits per heavy atom. The van der Waals surface area contributed by atoms with E-state index < -0.39 is 0 Å². The standard InChI is InChI=1S/C23H38O2/c1-2-3-17-20-23(25)21-18-15-13-11-9-7-5-4-6-8-10-12-14-16-19-22-24/h18,21,23-25H,2-11,13,15,17,20,22H2,1H3. The molecular weight excluding hydrogens is 308 g/mol. The average Bonchev–Trinajstić information content (AvgIpc) is 2.61. The topological polar surface area (TPSA) is 40.5 Å². The van der Waals surface area contributed by atoms with E-state index in [4.69, 9.17) is 5.11 Å². The van der Waals surface area contributed by atoms with Gasteiger partial charge < -0.3 is 10.2 Å². The molecule has 0 aromatic rings. The monoisotopic (exact) mass is 346 g/mol. The normalized spacial score (nSPS) is 11.6. The maximum atomic E-state index is 9.78. The molecule has 0 rings (SSSR count). The van der Waals surface area contributed by atoms with Crippen LogP contribution in [0.15, 0.2) is 12.2 Å². The molecule has 0 saturated heterocycles. The van der Waals surface area contributed by atoms with E-state index in [1.165, 1.54) is 57.8 Å². The van der Waals surface area contributed by atoms with E-state index in [0.717, 1.165) is 32.1 Å². The predicted octanol–water partition coefficient (Wildman–Crippen LogP) is 5.38. The highest BCUT2D eigenvalue weighted by Crippen LogP contribution is 2.11. The summed E-state index contributed by atoms with van der Waals surface area (Å²) in [6.07, 6.45) is 20.6. The van der Waals surface area contributed by atoms with Crippen molar-refractivity contribution in [2.45, 2.75) is 103 Å². The molecule has 1 unspecified atom stereocenters. The second-order valence-corrected chi connectivity index (χ2v) is 6.62. The number of hydrogen-bond acceptors (Lipinski definition) is 2. The highest BCUT2D eigenvalue weighted by molar-refractivity contribution is 5.25. The van der Waals surface area contributed by atoms with Crippen molar-refractivity contribution in [2.24, 2.45) is 0 Å². The molecule has 2 heteroatoms. The first kappa shape index (κ1) is 23.8. The summed E-state index contributed by atoms with van der Waals surface area (Å²) in [6, 6.07) is 0. The highest BCUT2D eigenvalue weighted by atomic mass is 16.3. The maximum absolute atomic E-state index is 9.78. The van der Waals surface area contributed by atoms with Crippen LogP contribution in [0.5, 0.6) is 0 Å². The molecule has 25 heavy (non-hydrogen) atoms. The summed E-state index contributed by atoms with van der Waals surface area (Å²) in [5.41, 5.74) is 0. The van der Waals surface area contributed by atoms with Crippen molar-refractivity contribution in [3.63, 3.8) is 0 Å². The van der Waals surface area contributed by atoms with Crippen molar-refractivity contribution in [1.29, 1.82) is 0 Å². The molecule has 0 aromatic heterocycles. The summed E-state index contributed by atoms with van der Waals surface area (Å²) in [6.45, 7) is 2.08. The van der Waals surface area contributed by atoms with E-state index in [9.17, 15) is 5.11 Å². The summed E-state index contributed by atoms with van der Waals surface area (Å²) in [4.78, 5) is 0. The van der Waals surface area contributed by atoms with Crippen LogP contribution < -0.4 is 0 Å². The van der Waals surface area contributed by atoms with Crippen molar-refractivity contribution in [3.8, 4) is 23.7 Å². The Morgan fingerprint density at radius 1 is 0.800 bits per heavy atom. The van der Waals surface area contributed by atoms with Crippen molar-refractivity contribution in [2.75, 3.05) is 6.61 Å². The van der Waals surface area contributed by atoms with Crippen LogP contribution in [0, 0.1) is 23.7 Å². The molecule has 0 fully saturated rings. The minimum atomic E-state index is -0.238. The third-order valence-electron chi connectivity index (χ3n) is 4.20. The number of hydrogen-bond donors (Lipinski definition) is 2. The first-order chi connectivity index (χ1) is 12.3. The Balaban J connectivity index is 3.26. The minimum Gasteiger partial charge on any atom is -0.389 e. The zero-order valence-corrected chi connectivity index (χ0v) is 16.2. The van der Waals surface area contributed by atoms with E-state index >= 15 is 0 Å². The van der Waals surface area contributed by atoms with Gasteiger partial charge >= 0.3 is 0 Å². The van der Waals surface area contributed by atoms with Crippen LogP contribution in [0.1, 0.15) is 96.8 Å². The van der Waals surface area contributed by atoms with Crippen LogP contribution in [-0.4, -0.2) is 22.9 Å². The van der Waals surface area contributed by atoms with Gasteiger partial charge in [0.25, 0.3) is 0 Å². The van der Waals surface area contributed by atoms with Gasteiger partial charge in [-0.25, -0.2) is 0 Å². The van der Waals surface area contributed by atoms with Crippen LogP contribution >= 0.6 is 0 Å². The molecule has 2 N–H and O–H groups in total. The fourth-order valence-electron chi connectivity index (χ4n) is 2.68. The van der Waals surface area contributed by atoms with E-state index in [1.54, 1.807) is 0 Å². The predicted molar refractivity (Wildman–Crippen MR) is 108 cm³/mol. The summed E-state index contributed by atoms with van der Waals surface area (Å²) >= 11 is 0. The highest BCUT2D eigenvalue weighted by Gasteiger charge is 1.97. The Morgan fingerprint density at radius 3 is 2.12 bits per heavy atom. The number of aliphatic hydroxyl groups excluding tert-OH is 2. The molecule has 0 aliphatic rings. The summed E-state index contributed by atoms with van der Waals surface area (Å²) in [7, 11) is 0. The molecular formula is C23H38O2. The molecule has 1 atom stereocenters. The number of unbranched alkanes of at least 4 members (excludes halogenated alkanes) is 11. The lowest BCUT2D eigenvalue weighted by Gasteiger charge is -2.04. The molecule has 0 bridgehead atoms. The quantitative estimate of drug-likeness (QED) is 0.237. The number of aliphatic hydroxyl groups is 2. The summed E-state index contributed by atoms with van der Waals surface area (Å²) < 4.78 is 0. The Kier molecular flexibility index (Phi) is 19.8. The molecule has 0 heterocycles. The van der Waals surface area contributed by atoms with E-state index in [0.29, 0.717) is 0 Å². The first-order valence-corrected chi connectivity index (χ1v) is 10.2. The Bertz CT molecular complexity index is 417. The van der Waals surface area contributed by atoms with Crippen LogP contribution in [0.4, 0.5) is 0 Å². The largest absolute Gasteiger partial charge is 0.389 e. The van der Waals surface area contributed by atoms with Gasteiger partial charge in [-0.2, -0.15) is 0 Å². The van der Waals surface area contributed by atoms with Gasteiger partial charge in [-0.05, 0) is 37.5 Å². The molecule has 142 valence electrons. The van der Waals surface area contributed by atoms with E-state index in [2.05, 4.69) is 36.7 Å². The lowest BCUT2D eigenvalue weighted by molar-refractivity contribution is 0.208. The SMILES string of the molecule is CCCCCC(O)C=CCCCCCCCCCCC#CC#CCO. The smallest absolute Gasteiger partial charge is 0.105 e. The Hall–Kier alpha value is -1.22. The van der Waals surface area contributed by atoms with E-state index in [-0.39, 0.29) is 12.7 Å². The van der Waals surface area contributed by atoms with Crippen LogP contribution in [0.3, 0.4) is 0 Å². The second kappa shape index (κ2) is 20.8. The van der Waals surface area contributed by atoms with Gasteiger partial charge in [0.15, 0.2) is 0 Å². The molecule has 0 amide bonds. The van der Waals surface area contributed by atoms with Gasteiger partial charge in [-0.1, -0.05) is 88.7 Å². The van der Waals surface area contributed by atoms with Gasteiger partial charge in [0, 0.05) is 6.42 Å². The van der Waals surface area contributed by atoms with Crippen LogP contribution in [0.25, 0.3) is 0 Å². The summed E-state index contributed by atoms with van der Waals surface area (Å²) in [5.74, 6) is 10.9. The maximum Gasteiger partial charge on any atom is 0.105 e. The summed E-state index contributed by atoms with van der Waals surface area (Å²) in [5, 5.41) is 18.3. The number of rotatable bonds is 15. The van der Waals surface area contributed by atoms with Gasteiger partial charge in [0.1, 0.15) is 6.61 Å². The van der Waals surface area contributed by atoms with Gasteiger partial charge in [-0.3, -0.25) is 0 Å².